The smallest absolute Gasteiger partial charge is 0.123 e. The fraction of sp³-hybridized carbons (Fsp3) is 0.333. The lowest BCUT2D eigenvalue weighted by atomic mass is 10.1. The number of benzene rings is 2. The Morgan fingerprint density at radius 3 is 2.14 bits per heavy atom. The monoisotopic (exact) mass is 303 g/mol. The van der Waals surface area contributed by atoms with Crippen molar-refractivity contribution in [1.29, 1.82) is 0 Å². The first-order chi connectivity index (χ1) is 9.95. The number of halogens is 1. The van der Waals surface area contributed by atoms with Gasteiger partial charge in [0.1, 0.15) is 5.82 Å². The Morgan fingerprint density at radius 1 is 1.05 bits per heavy atom. The van der Waals surface area contributed by atoms with E-state index >= 15 is 0 Å². The van der Waals surface area contributed by atoms with Crippen LogP contribution in [0.25, 0.3) is 0 Å². The van der Waals surface area contributed by atoms with Gasteiger partial charge in [-0.15, -0.1) is 11.8 Å². The van der Waals surface area contributed by atoms with Crippen LogP contribution in [0.5, 0.6) is 0 Å². The Labute approximate surface area is 130 Å². The molecule has 2 N–H and O–H groups in total. The Bertz CT molecular complexity index is 572. The van der Waals surface area contributed by atoms with Crippen molar-refractivity contribution in [2.75, 3.05) is 0 Å². The van der Waals surface area contributed by atoms with Crippen LogP contribution < -0.4 is 5.73 Å². The van der Waals surface area contributed by atoms with Crippen LogP contribution in [0.4, 0.5) is 4.39 Å². The molecule has 2 aromatic carbocycles. The Kier molecular flexibility index (Phi) is 5.43. The highest BCUT2D eigenvalue weighted by molar-refractivity contribution is 7.98. The van der Waals surface area contributed by atoms with Crippen LogP contribution in [-0.2, 0) is 5.75 Å². The largest absolute Gasteiger partial charge is 0.327 e. The topological polar surface area (TPSA) is 26.0 Å². The summed E-state index contributed by atoms with van der Waals surface area (Å²) in [5.74, 6) is 0.702. The number of hydrogen-bond acceptors (Lipinski definition) is 2. The van der Waals surface area contributed by atoms with E-state index in [2.05, 4.69) is 32.0 Å². The second kappa shape index (κ2) is 7.10. The molecule has 0 radical (unpaired) electrons. The van der Waals surface area contributed by atoms with Crippen LogP contribution in [0, 0.1) is 19.7 Å². The average molecular weight is 303 g/mol. The number of nitrogens with two attached hydrogens (primary N) is 1. The van der Waals surface area contributed by atoms with Gasteiger partial charge < -0.3 is 5.73 Å². The summed E-state index contributed by atoms with van der Waals surface area (Å²) >= 11 is 1.81. The van der Waals surface area contributed by atoms with Gasteiger partial charge in [0.2, 0.25) is 0 Å². The zero-order valence-electron chi connectivity index (χ0n) is 12.8. The highest BCUT2D eigenvalue weighted by Crippen LogP contribution is 2.34. The molecule has 0 aromatic heterocycles. The number of hydrogen-bond donors (Lipinski definition) is 1. The van der Waals surface area contributed by atoms with E-state index < -0.39 is 0 Å². The maximum absolute atomic E-state index is 13.1. The second-order valence-corrected chi connectivity index (χ2v) is 6.77. The fourth-order valence-electron chi connectivity index (χ4n) is 2.54. The van der Waals surface area contributed by atoms with Crippen LogP contribution >= 0.6 is 11.8 Å². The van der Waals surface area contributed by atoms with Crippen molar-refractivity contribution in [2.24, 2.45) is 5.73 Å². The minimum absolute atomic E-state index is 0.0198. The van der Waals surface area contributed by atoms with Crippen LogP contribution in [0.3, 0.4) is 0 Å². The molecule has 112 valence electrons. The quantitative estimate of drug-likeness (QED) is 0.861. The molecule has 0 aliphatic carbocycles. The van der Waals surface area contributed by atoms with Gasteiger partial charge in [-0.3, -0.25) is 0 Å². The van der Waals surface area contributed by atoms with Gasteiger partial charge >= 0.3 is 0 Å². The summed E-state index contributed by atoms with van der Waals surface area (Å²) < 4.78 is 13.1. The van der Waals surface area contributed by atoms with E-state index in [0.29, 0.717) is 0 Å². The van der Waals surface area contributed by atoms with E-state index in [1.165, 1.54) is 28.8 Å². The van der Waals surface area contributed by atoms with Crippen molar-refractivity contribution in [3.63, 3.8) is 0 Å². The van der Waals surface area contributed by atoms with Gasteiger partial charge in [0.15, 0.2) is 0 Å². The molecule has 0 aliphatic rings. The van der Waals surface area contributed by atoms with Crippen molar-refractivity contribution in [2.45, 2.75) is 37.8 Å². The summed E-state index contributed by atoms with van der Waals surface area (Å²) in [4.78, 5) is 0. The Morgan fingerprint density at radius 2 is 1.62 bits per heavy atom. The summed E-state index contributed by atoms with van der Waals surface area (Å²) in [5.41, 5.74) is 11.1. The van der Waals surface area contributed by atoms with E-state index in [-0.39, 0.29) is 17.1 Å². The molecule has 0 saturated carbocycles. The second-order valence-electron chi connectivity index (χ2n) is 5.64. The summed E-state index contributed by atoms with van der Waals surface area (Å²) in [6, 6.07) is 13.3. The van der Waals surface area contributed by atoms with E-state index in [1.807, 2.05) is 30.8 Å². The van der Waals surface area contributed by atoms with Crippen molar-refractivity contribution < 1.29 is 4.39 Å². The fourth-order valence-corrected chi connectivity index (χ4v) is 3.73. The molecule has 0 spiro atoms. The predicted molar refractivity (Wildman–Crippen MR) is 90.0 cm³/mol. The summed E-state index contributed by atoms with van der Waals surface area (Å²) in [5, 5.41) is 0.173. The van der Waals surface area contributed by atoms with Gasteiger partial charge in [0.05, 0.1) is 0 Å². The third-order valence-electron chi connectivity index (χ3n) is 3.39. The van der Waals surface area contributed by atoms with E-state index in [1.54, 1.807) is 0 Å². The molecule has 2 rings (SSSR count). The van der Waals surface area contributed by atoms with Gasteiger partial charge in [0, 0.05) is 17.0 Å². The van der Waals surface area contributed by atoms with Gasteiger partial charge in [-0.05, 0) is 44.0 Å². The first kappa shape index (κ1) is 16.1. The molecule has 2 atom stereocenters. The highest BCUT2D eigenvalue weighted by atomic mass is 32.2. The Balaban J connectivity index is 2.11. The van der Waals surface area contributed by atoms with Crippen LogP contribution in [0.2, 0.25) is 0 Å². The standard InChI is InChI=1S/C18H22FNS/c1-12-8-13(2)10-15(9-12)11-21-18(14(3)20)16-4-6-17(19)7-5-16/h4-10,14,18H,11,20H2,1-3H3. The van der Waals surface area contributed by atoms with Gasteiger partial charge in [0.25, 0.3) is 0 Å². The third kappa shape index (κ3) is 4.58. The lowest BCUT2D eigenvalue weighted by Gasteiger charge is -2.21. The SMILES string of the molecule is Cc1cc(C)cc(CSC(c2ccc(F)cc2)C(C)N)c1. The lowest BCUT2D eigenvalue weighted by Crippen LogP contribution is -2.22. The zero-order chi connectivity index (χ0) is 15.4. The average Bonchev–Trinajstić information content (AvgIpc) is 2.39. The van der Waals surface area contributed by atoms with Crippen LogP contribution in [0.15, 0.2) is 42.5 Å². The molecular formula is C18H22FNS. The molecule has 0 bridgehead atoms. The van der Waals surface area contributed by atoms with E-state index in [4.69, 9.17) is 5.73 Å². The predicted octanol–water partition coefficient (Wildman–Crippen LogP) is 4.76. The van der Waals surface area contributed by atoms with E-state index in [0.717, 1.165) is 11.3 Å². The molecular weight excluding hydrogens is 281 g/mol. The van der Waals surface area contributed by atoms with Gasteiger partial charge in [-0.2, -0.15) is 0 Å². The molecule has 3 heteroatoms. The lowest BCUT2D eigenvalue weighted by molar-refractivity contribution is 0.625. The van der Waals surface area contributed by atoms with Gasteiger partial charge in [-0.25, -0.2) is 4.39 Å². The molecule has 1 nitrogen and oxygen atoms in total. The first-order valence-electron chi connectivity index (χ1n) is 7.15. The van der Waals surface area contributed by atoms with Crippen molar-refractivity contribution in [3.05, 3.63) is 70.5 Å². The Hall–Kier alpha value is -1.32. The van der Waals surface area contributed by atoms with Crippen molar-refractivity contribution >= 4 is 11.8 Å². The molecule has 0 fully saturated rings. The number of thioether (sulfide) groups is 1. The molecule has 2 aromatic rings. The van der Waals surface area contributed by atoms with Crippen LogP contribution in [0.1, 0.15) is 34.4 Å². The normalized spacial score (nSPS) is 14.0. The minimum atomic E-state index is -0.207. The first-order valence-corrected chi connectivity index (χ1v) is 8.20. The van der Waals surface area contributed by atoms with Crippen molar-refractivity contribution in [1.82, 2.24) is 0 Å². The third-order valence-corrected chi connectivity index (χ3v) is 4.95. The minimum Gasteiger partial charge on any atom is -0.327 e. The summed E-state index contributed by atoms with van der Waals surface area (Å²) in [7, 11) is 0. The van der Waals surface area contributed by atoms with Gasteiger partial charge in [-0.1, -0.05) is 41.5 Å². The molecule has 0 amide bonds. The molecule has 2 unspecified atom stereocenters. The number of rotatable bonds is 5. The number of aryl methyl sites for hydroxylation is 2. The molecule has 0 heterocycles. The summed E-state index contributed by atoms with van der Waals surface area (Å²) in [6.45, 7) is 6.23. The molecule has 21 heavy (non-hydrogen) atoms. The maximum atomic E-state index is 13.1. The summed E-state index contributed by atoms with van der Waals surface area (Å²) in [6.07, 6.45) is 0. The molecule has 0 aliphatic heterocycles. The zero-order valence-corrected chi connectivity index (χ0v) is 13.6. The van der Waals surface area contributed by atoms with E-state index in [9.17, 15) is 4.39 Å². The van der Waals surface area contributed by atoms with Crippen molar-refractivity contribution in [3.8, 4) is 0 Å². The molecule has 0 saturated heterocycles. The maximum Gasteiger partial charge on any atom is 0.123 e. The highest BCUT2D eigenvalue weighted by Gasteiger charge is 2.17. The van der Waals surface area contributed by atoms with Crippen LogP contribution in [-0.4, -0.2) is 6.04 Å².